The largest absolute Gasteiger partial charge is 0.421 e. The molecule has 2 saturated heterocycles. The second-order valence-electron chi connectivity index (χ2n) is 8.38. The molecule has 0 amide bonds. The Morgan fingerprint density at radius 2 is 2.06 bits per heavy atom. The van der Waals surface area contributed by atoms with Crippen molar-refractivity contribution < 1.29 is 9.15 Å². The third kappa shape index (κ3) is 3.34. The fourth-order valence-corrected chi connectivity index (χ4v) is 4.49. The van der Waals surface area contributed by atoms with Crippen molar-refractivity contribution in [1.29, 1.82) is 0 Å². The van der Waals surface area contributed by atoms with Gasteiger partial charge < -0.3 is 19.4 Å². The fraction of sp³-hybridized carbons (Fsp3) is 0.318. The van der Waals surface area contributed by atoms with Gasteiger partial charge in [0.05, 0.1) is 23.9 Å². The topological polar surface area (TPSA) is 102 Å². The number of ether oxygens (including phenoxy) is 1. The summed E-state index contributed by atoms with van der Waals surface area (Å²) in [7, 11) is 0. The highest BCUT2D eigenvalue weighted by Gasteiger charge is 2.45. The zero-order valence-electron chi connectivity index (χ0n) is 17.4. The van der Waals surface area contributed by atoms with Gasteiger partial charge in [0, 0.05) is 48.8 Å². The van der Waals surface area contributed by atoms with Crippen LogP contribution >= 0.6 is 11.6 Å². The first-order chi connectivity index (χ1) is 15.6. The third-order valence-corrected chi connectivity index (χ3v) is 6.34. The van der Waals surface area contributed by atoms with Gasteiger partial charge in [-0.2, -0.15) is 0 Å². The second kappa shape index (κ2) is 7.39. The first-order valence-electron chi connectivity index (χ1n) is 10.4. The Kier molecular flexibility index (Phi) is 4.48. The van der Waals surface area contributed by atoms with E-state index in [0.717, 1.165) is 55.0 Å². The number of aryl methyl sites for hydroxylation is 1. The molecule has 32 heavy (non-hydrogen) atoms. The molecule has 2 aliphatic heterocycles. The maximum absolute atomic E-state index is 6.50. The lowest BCUT2D eigenvalue weighted by molar-refractivity contribution is -0.0985. The van der Waals surface area contributed by atoms with E-state index in [4.69, 9.17) is 25.7 Å². The highest BCUT2D eigenvalue weighted by molar-refractivity contribution is 6.33. The minimum Gasteiger partial charge on any atom is -0.421 e. The number of fused-ring (bicyclic) bond motifs is 1. The van der Waals surface area contributed by atoms with Crippen LogP contribution in [-0.2, 0) is 4.74 Å². The molecule has 10 heteroatoms. The molecular weight excluding hydrogens is 430 g/mol. The molecule has 9 nitrogen and oxygen atoms in total. The summed E-state index contributed by atoms with van der Waals surface area (Å²) in [5, 5.41) is 12.6. The van der Waals surface area contributed by atoms with Crippen LogP contribution in [0.4, 0.5) is 17.5 Å². The predicted octanol–water partition coefficient (Wildman–Crippen LogP) is 4.01. The van der Waals surface area contributed by atoms with Crippen LogP contribution in [0, 0.1) is 12.3 Å². The van der Waals surface area contributed by atoms with Crippen LogP contribution in [0.5, 0.6) is 0 Å². The molecule has 0 aliphatic carbocycles. The Bertz CT molecular complexity index is 1320. The Labute approximate surface area is 188 Å². The summed E-state index contributed by atoms with van der Waals surface area (Å²) in [6.07, 6.45) is 4.73. The van der Waals surface area contributed by atoms with Gasteiger partial charge in [0.15, 0.2) is 5.82 Å². The van der Waals surface area contributed by atoms with Gasteiger partial charge in [-0.15, -0.1) is 10.2 Å². The SMILES string of the molecule is Cc1nnc(-c2ccc(Nc3ncc4ccnc(N5CCC6(COC6)C5)c4n3)c(Cl)c2)o1. The van der Waals surface area contributed by atoms with Crippen LogP contribution in [0.15, 0.2) is 41.1 Å². The van der Waals surface area contributed by atoms with Crippen molar-refractivity contribution in [3.8, 4) is 11.5 Å². The third-order valence-electron chi connectivity index (χ3n) is 6.02. The van der Waals surface area contributed by atoms with Crippen molar-refractivity contribution in [2.75, 3.05) is 36.5 Å². The number of hydrogen-bond acceptors (Lipinski definition) is 9. The first-order valence-corrected chi connectivity index (χ1v) is 10.8. The number of pyridine rings is 1. The predicted molar refractivity (Wildman–Crippen MR) is 120 cm³/mol. The fourth-order valence-electron chi connectivity index (χ4n) is 4.26. The average Bonchev–Trinajstić information content (AvgIpc) is 3.42. The van der Waals surface area contributed by atoms with Gasteiger partial charge in [0.2, 0.25) is 17.7 Å². The van der Waals surface area contributed by atoms with E-state index < -0.39 is 0 Å². The summed E-state index contributed by atoms with van der Waals surface area (Å²) in [5.74, 6) is 2.26. The molecule has 0 radical (unpaired) electrons. The number of nitrogens with one attached hydrogen (secondary N) is 1. The van der Waals surface area contributed by atoms with E-state index in [-0.39, 0.29) is 5.41 Å². The molecule has 0 unspecified atom stereocenters. The lowest BCUT2D eigenvalue weighted by Crippen LogP contribution is -2.44. The van der Waals surface area contributed by atoms with Crippen molar-refractivity contribution in [2.45, 2.75) is 13.3 Å². The Morgan fingerprint density at radius 3 is 2.78 bits per heavy atom. The van der Waals surface area contributed by atoms with E-state index in [1.54, 1.807) is 19.2 Å². The number of anilines is 3. The van der Waals surface area contributed by atoms with Crippen molar-refractivity contribution in [3.05, 3.63) is 47.6 Å². The molecule has 0 atom stereocenters. The smallest absolute Gasteiger partial charge is 0.247 e. The summed E-state index contributed by atoms with van der Waals surface area (Å²) < 4.78 is 10.9. The molecule has 1 N–H and O–H groups in total. The standard InChI is InChI=1S/C22H20ClN7O2/c1-13-28-29-20(32-13)14-2-3-17(16(23)8-14)26-21-25-9-15-4-6-24-19(18(15)27-21)30-7-5-22(10-30)11-31-12-22/h2-4,6,8-9H,5,7,10-12H2,1H3,(H,25,26,27). The second-order valence-corrected chi connectivity index (χ2v) is 8.78. The molecule has 162 valence electrons. The molecule has 6 rings (SSSR count). The summed E-state index contributed by atoms with van der Waals surface area (Å²) in [4.78, 5) is 16.2. The Morgan fingerprint density at radius 1 is 1.16 bits per heavy atom. The molecule has 0 saturated carbocycles. The zero-order valence-corrected chi connectivity index (χ0v) is 18.1. The van der Waals surface area contributed by atoms with Gasteiger partial charge in [0.1, 0.15) is 5.52 Å². The quantitative estimate of drug-likeness (QED) is 0.495. The number of halogens is 1. The number of rotatable bonds is 4. The van der Waals surface area contributed by atoms with Gasteiger partial charge in [-0.1, -0.05) is 11.6 Å². The monoisotopic (exact) mass is 449 g/mol. The number of nitrogens with zero attached hydrogens (tertiary/aromatic N) is 6. The summed E-state index contributed by atoms with van der Waals surface area (Å²) >= 11 is 6.50. The molecule has 3 aromatic heterocycles. The van der Waals surface area contributed by atoms with E-state index in [1.807, 2.05) is 24.4 Å². The molecule has 5 heterocycles. The summed E-state index contributed by atoms with van der Waals surface area (Å²) in [5.41, 5.74) is 2.51. The summed E-state index contributed by atoms with van der Waals surface area (Å²) in [6.45, 7) is 5.29. The first kappa shape index (κ1) is 19.4. The van der Waals surface area contributed by atoms with Crippen LogP contribution in [0.3, 0.4) is 0 Å². The van der Waals surface area contributed by atoms with Gasteiger partial charge in [-0.3, -0.25) is 0 Å². The molecule has 1 aromatic carbocycles. The molecule has 4 aromatic rings. The van der Waals surface area contributed by atoms with Gasteiger partial charge in [-0.05, 0) is 30.7 Å². The van der Waals surface area contributed by atoms with Gasteiger partial charge >= 0.3 is 0 Å². The maximum Gasteiger partial charge on any atom is 0.247 e. The minimum absolute atomic E-state index is 0.268. The highest BCUT2D eigenvalue weighted by Crippen LogP contribution is 2.40. The Balaban J connectivity index is 1.29. The Hall–Kier alpha value is -3.30. The highest BCUT2D eigenvalue weighted by atomic mass is 35.5. The van der Waals surface area contributed by atoms with Crippen LogP contribution in [-0.4, -0.2) is 51.5 Å². The lowest BCUT2D eigenvalue weighted by atomic mass is 9.85. The molecular formula is C22H20ClN7O2. The molecule has 2 aliphatic rings. The molecule has 1 spiro atoms. The summed E-state index contributed by atoms with van der Waals surface area (Å²) in [6, 6.07) is 7.40. The van der Waals surface area contributed by atoms with E-state index in [2.05, 4.69) is 30.4 Å². The van der Waals surface area contributed by atoms with Crippen molar-refractivity contribution in [1.82, 2.24) is 25.1 Å². The van der Waals surface area contributed by atoms with Crippen molar-refractivity contribution >= 4 is 40.0 Å². The number of benzene rings is 1. The lowest BCUT2D eigenvalue weighted by Gasteiger charge is -2.37. The normalized spacial score (nSPS) is 17.1. The molecule has 2 fully saturated rings. The number of aromatic nitrogens is 5. The van der Waals surface area contributed by atoms with Gasteiger partial charge in [-0.25, -0.2) is 15.0 Å². The van der Waals surface area contributed by atoms with Crippen LogP contribution in [0.2, 0.25) is 5.02 Å². The maximum atomic E-state index is 6.50. The number of hydrogen-bond donors (Lipinski definition) is 1. The molecule has 0 bridgehead atoms. The van der Waals surface area contributed by atoms with Crippen molar-refractivity contribution in [3.63, 3.8) is 0 Å². The van der Waals surface area contributed by atoms with E-state index in [1.165, 1.54) is 0 Å². The van der Waals surface area contributed by atoms with Gasteiger partial charge in [0.25, 0.3) is 0 Å². The van der Waals surface area contributed by atoms with E-state index >= 15 is 0 Å². The van der Waals surface area contributed by atoms with Crippen LogP contribution in [0.25, 0.3) is 22.4 Å². The van der Waals surface area contributed by atoms with E-state index in [9.17, 15) is 0 Å². The van der Waals surface area contributed by atoms with Crippen molar-refractivity contribution in [2.24, 2.45) is 5.41 Å². The van der Waals surface area contributed by atoms with E-state index in [0.29, 0.717) is 28.4 Å². The van der Waals surface area contributed by atoms with Crippen LogP contribution < -0.4 is 10.2 Å². The minimum atomic E-state index is 0.268. The van der Waals surface area contributed by atoms with Crippen LogP contribution in [0.1, 0.15) is 12.3 Å². The zero-order chi connectivity index (χ0) is 21.7. The average molecular weight is 450 g/mol.